The Morgan fingerprint density at radius 1 is 1.23 bits per heavy atom. The number of carbonyl (C=O) groups is 2. The van der Waals surface area contributed by atoms with Gasteiger partial charge in [0.1, 0.15) is 5.82 Å². The summed E-state index contributed by atoms with van der Waals surface area (Å²) in [5.74, 6) is 1.05. The molecule has 2 aromatic heterocycles. The number of pyridine rings is 1. The maximum Gasteiger partial charge on any atom is 0.408 e. The van der Waals surface area contributed by atoms with Gasteiger partial charge in [-0.15, -0.1) is 0 Å². The van der Waals surface area contributed by atoms with Gasteiger partial charge in [-0.2, -0.15) is 0 Å². The number of carbonyl (C=O) groups excluding carboxylic acids is 1. The quantitative estimate of drug-likeness (QED) is 0.294. The molecule has 1 saturated heterocycles. The fraction of sp³-hybridized carbons (Fsp3) is 0.533. The van der Waals surface area contributed by atoms with Gasteiger partial charge in [-0.05, 0) is 70.2 Å². The van der Waals surface area contributed by atoms with E-state index in [-0.39, 0.29) is 18.2 Å². The average Bonchev–Trinajstić information content (AvgIpc) is 3.28. The van der Waals surface area contributed by atoms with Crippen molar-refractivity contribution in [3.05, 3.63) is 58.6 Å². The number of halogens is 1. The Bertz CT molecular complexity index is 1300. The number of aryl methyl sites for hydroxylation is 1. The van der Waals surface area contributed by atoms with Crippen molar-refractivity contribution >= 4 is 39.0 Å². The molecule has 0 saturated carbocycles. The van der Waals surface area contributed by atoms with E-state index in [1.165, 1.54) is 4.90 Å². The Balaban J connectivity index is 1.56. The van der Waals surface area contributed by atoms with E-state index < -0.39 is 17.7 Å². The molecule has 0 aliphatic carbocycles. The van der Waals surface area contributed by atoms with Crippen LogP contribution in [0, 0.1) is 0 Å². The number of benzene rings is 1. The summed E-state index contributed by atoms with van der Waals surface area (Å²) >= 11 is 3.46. The third kappa shape index (κ3) is 7.20. The molecular formula is C30H40BrN5O4. The van der Waals surface area contributed by atoms with E-state index in [2.05, 4.69) is 25.5 Å². The number of methoxy groups -OCH3 is 1. The third-order valence-corrected chi connectivity index (χ3v) is 8.07. The van der Waals surface area contributed by atoms with Crippen LogP contribution in [-0.2, 0) is 22.5 Å². The smallest absolute Gasteiger partial charge is 0.408 e. The topological polar surface area (TPSA) is 101 Å². The number of fused-ring (bicyclic) bond motifs is 1. The predicted molar refractivity (Wildman–Crippen MR) is 158 cm³/mol. The summed E-state index contributed by atoms with van der Waals surface area (Å²) in [6.45, 7) is 8.27. The molecule has 0 spiro atoms. The van der Waals surface area contributed by atoms with Crippen molar-refractivity contribution in [3.8, 4) is 0 Å². The van der Waals surface area contributed by atoms with Gasteiger partial charge in [-0.3, -0.25) is 14.7 Å². The Labute approximate surface area is 244 Å². The molecule has 1 fully saturated rings. The van der Waals surface area contributed by atoms with Gasteiger partial charge in [-0.1, -0.05) is 28.1 Å². The number of likely N-dealkylation sites (tertiary alicyclic amines) is 1. The Morgan fingerprint density at radius 2 is 1.98 bits per heavy atom. The molecule has 2 atom stereocenters. The van der Waals surface area contributed by atoms with Crippen LogP contribution >= 0.6 is 15.9 Å². The molecule has 1 aromatic carbocycles. The van der Waals surface area contributed by atoms with Gasteiger partial charge in [0.15, 0.2) is 0 Å². The lowest BCUT2D eigenvalue weighted by atomic mass is 9.94. The van der Waals surface area contributed by atoms with Crippen molar-refractivity contribution in [1.29, 1.82) is 0 Å². The summed E-state index contributed by atoms with van der Waals surface area (Å²) in [6.07, 6.45) is 5.84. The van der Waals surface area contributed by atoms with Crippen molar-refractivity contribution in [2.75, 3.05) is 26.8 Å². The number of amides is 2. The minimum absolute atomic E-state index is 0.0222. The molecule has 9 nitrogen and oxygen atoms in total. The average molecular weight is 615 g/mol. The van der Waals surface area contributed by atoms with Gasteiger partial charge in [0.05, 0.1) is 17.2 Å². The van der Waals surface area contributed by atoms with E-state index in [1.807, 2.05) is 62.2 Å². The highest BCUT2D eigenvalue weighted by Crippen LogP contribution is 2.31. The minimum atomic E-state index is -1.02. The zero-order valence-electron chi connectivity index (χ0n) is 23.8. The van der Waals surface area contributed by atoms with Crippen molar-refractivity contribution in [1.82, 2.24) is 24.3 Å². The molecule has 0 unspecified atom stereocenters. The maximum atomic E-state index is 13.8. The number of rotatable bonds is 10. The summed E-state index contributed by atoms with van der Waals surface area (Å²) in [7, 11) is 1.70. The van der Waals surface area contributed by atoms with Crippen LogP contribution in [0.4, 0.5) is 4.79 Å². The number of piperidine rings is 1. The normalized spacial score (nSPS) is 16.7. The SMILES string of the molecule is COCCCn1c([C@@H]2CCCN(C(=O)C[C@@H](Cc3ccc(Br)cc3)N(C(=O)O)C(C)(C)C)C2)nc2ccncc21. The van der Waals surface area contributed by atoms with E-state index in [1.54, 1.807) is 13.3 Å². The highest BCUT2D eigenvalue weighted by molar-refractivity contribution is 9.10. The number of aromatic nitrogens is 3. The monoisotopic (exact) mass is 613 g/mol. The molecule has 10 heteroatoms. The Morgan fingerprint density at radius 3 is 2.65 bits per heavy atom. The predicted octanol–water partition coefficient (Wildman–Crippen LogP) is 5.72. The summed E-state index contributed by atoms with van der Waals surface area (Å²) in [4.78, 5) is 38.9. The molecule has 0 radical (unpaired) electrons. The molecular weight excluding hydrogens is 574 g/mol. The fourth-order valence-corrected chi connectivity index (χ4v) is 6.05. The van der Waals surface area contributed by atoms with Crippen molar-refractivity contribution in [2.45, 2.75) is 76.9 Å². The first-order valence-corrected chi connectivity index (χ1v) is 14.7. The lowest BCUT2D eigenvalue weighted by Crippen LogP contribution is -2.54. The largest absolute Gasteiger partial charge is 0.465 e. The van der Waals surface area contributed by atoms with Crippen LogP contribution in [-0.4, -0.2) is 79.8 Å². The molecule has 3 aromatic rings. The molecule has 3 heterocycles. The van der Waals surface area contributed by atoms with Gasteiger partial charge < -0.3 is 19.3 Å². The highest BCUT2D eigenvalue weighted by atomic mass is 79.9. The second-order valence-electron chi connectivity index (χ2n) is 11.5. The maximum absolute atomic E-state index is 13.8. The molecule has 1 aliphatic heterocycles. The molecule has 0 bridgehead atoms. The van der Waals surface area contributed by atoms with Crippen LogP contribution in [0.1, 0.15) is 63.8 Å². The number of carboxylic acid groups (broad SMARTS) is 1. The highest BCUT2D eigenvalue weighted by Gasteiger charge is 2.36. The second kappa shape index (κ2) is 13.1. The third-order valence-electron chi connectivity index (χ3n) is 7.54. The van der Waals surface area contributed by atoms with Crippen molar-refractivity contribution in [2.24, 2.45) is 0 Å². The molecule has 1 aliphatic rings. The summed E-state index contributed by atoms with van der Waals surface area (Å²) in [5.41, 5.74) is 2.24. The standard InChI is InChI=1S/C30H40BrN5O4/c1-30(2,3)36(29(38)39)24(17-21-8-10-23(31)11-9-21)18-27(37)34-14-5-7-22(20-34)28-33-25-12-13-32-19-26(25)35(28)15-6-16-40-4/h8-13,19,22,24H,5-7,14-18,20H2,1-4H3,(H,38,39)/t22-,24-/m1/s1. The van der Waals surface area contributed by atoms with E-state index in [9.17, 15) is 14.7 Å². The van der Waals surface area contributed by atoms with Crippen LogP contribution in [0.2, 0.25) is 0 Å². The zero-order chi connectivity index (χ0) is 28.9. The fourth-order valence-electron chi connectivity index (χ4n) is 5.79. The molecule has 40 heavy (non-hydrogen) atoms. The van der Waals surface area contributed by atoms with Gasteiger partial charge >= 0.3 is 6.09 Å². The van der Waals surface area contributed by atoms with Gasteiger partial charge in [0.2, 0.25) is 5.91 Å². The van der Waals surface area contributed by atoms with Crippen molar-refractivity contribution in [3.63, 3.8) is 0 Å². The summed E-state index contributed by atoms with van der Waals surface area (Å²) in [6, 6.07) is 9.28. The number of hydrogen-bond donors (Lipinski definition) is 1. The number of imidazole rings is 1. The Kier molecular flexibility index (Phi) is 9.84. The first kappa shape index (κ1) is 30.0. The van der Waals surface area contributed by atoms with E-state index >= 15 is 0 Å². The number of nitrogens with zero attached hydrogens (tertiary/aromatic N) is 5. The number of hydrogen-bond acceptors (Lipinski definition) is 5. The van der Waals surface area contributed by atoms with Crippen molar-refractivity contribution < 1.29 is 19.4 Å². The van der Waals surface area contributed by atoms with E-state index in [4.69, 9.17) is 9.72 Å². The van der Waals surface area contributed by atoms with Gasteiger partial charge in [0.25, 0.3) is 0 Å². The van der Waals surface area contributed by atoms with Gasteiger partial charge in [0, 0.05) is 67.9 Å². The van der Waals surface area contributed by atoms with Crippen LogP contribution in [0.25, 0.3) is 11.0 Å². The minimum Gasteiger partial charge on any atom is -0.465 e. The van der Waals surface area contributed by atoms with E-state index in [0.717, 1.165) is 52.7 Å². The first-order chi connectivity index (χ1) is 19.1. The van der Waals surface area contributed by atoms with Gasteiger partial charge in [-0.25, -0.2) is 9.78 Å². The molecule has 1 N–H and O–H groups in total. The molecule has 4 rings (SSSR count). The zero-order valence-corrected chi connectivity index (χ0v) is 25.4. The second-order valence-corrected chi connectivity index (χ2v) is 12.4. The van der Waals surface area contributed by atoms with Crippen LogP contribution in [0.5, 0.6) is 0 Å². The Hall–Kier alpha value is -2.98. The molecule has 2 amide bonds. The lowest BCUT2D eigenvalue weighted by Gasteiger charge is -2.41. The number of ether oxygens (including phenoxy) is 1. The first-order valence-electron chi connectivity index (χ1n) is 13.9. The molecule has 216 valence electrons. The lowest BCUT2D eigenvalue weighted by molar-refractivity contribution is -0.134. The summed E-state index contributed by atoms with van der Waals surface area (Å²) in [5, 5.41) is 10.2. The van der Waals surface area contributed by atoms with E-state index in [0.29, 0.717) is 26.1 Å². The van der Waals surface area contributed by atoms with Crippen LogP contribution in [0.3, 0.4) is 0 Å². The van der Waals surface area contributed by atoms with Crippen LogP contribution < -0.4 is 0 Å². The van der Waals surface area contributed by atoms with Crippen LogP contribution in [0.15, 0.2) is 47.2 Å². The summed E-state index contributed by atoms with van der Waals surface area (Å²) < 4.78 is 8.46.